The first-order valence-electron chi connectivity index (χ1n) is 6.57. The molecule has 0 aliphatic heterocycles. The van der Waals surface area contributed by atoms with Crippen LogP contribution in [0, 0.1) is 0 Å². The van der Waals surface area contributed by atoms with Gasteiger partial charge in [0.1, 0.15) is 0 Å². The summed E-state index contributed by atoms with van der Waals surface area (Å²) in [5.41, 5.74) is 2.43. The van der Waals surface area contributed by atoms with Crippen molar-refractivity contribution >= 4 is 34.1 Å². The molecule has 21 heavy (non-hydrogen) atoms. The van der Waals surface area contributed by atoms with Gasteiger partial charge < -0.3 is 10.6 Å². The molecule has 104 valence electrons. The molecule has 0 radical (unpaired) electrons. The molecule has 0 saturated carbocycles. The number of nitrogens with one attached hydrogen (secondary N) is 2. The lowest BCUT2D eigenvalue weighted by Gasteiger charge is -2.08. The fourth-order valence-electron chi connectivity index (χ4n) is 2.04. The summed E-state index contributed by atoms with van der Waals surface area (Å²) in [5.74, 6) is 0.419. The molecule has 0 aliphatic carbocycles. The summed E-state index contributed by atoms with van der Waals surface area (Å²) in [6, 6.07) is 15.2. The minimum Gasteiger partial charge on any atom is -0.326 e. The van der Waals surface area contributed by atoms with E-state index in [4.69, 9.17) is 0 Å². The molecule has 5 heteroatoms. The molecular weight excluding hydrogens is 264 g/mol. The summed E-state index contributed by atoms with van der Waals surface area (Å²) in [6.45, 7) is 1.48. The summed E-state index contributed by atoms with van der Waals surface area (Å²) in [7, 11) is 0. The Bertz CT molecular complexity index is 801. The summed E-state index contributed by atoms with van der Waals surface area (Å²) >= 11 is 0. The Morgan fingerprint density at radius 3 is 2.71 bits per heavy atom. The van der Waals surface area contributed by atoms with Crippen LogP contribution in [0.4, 0.5) is 17.3 Å². The molecular formula is C16H14N4O. The maximum Gasteiger partial charge on any atom is 0.227 e. The van der Waals surface area contributed by atoms with Gasteiger partial charge in [0.2, 0.25) is 11.9 Å². The lowest BCUT2D eigenvalue weighted by Crippen LogP contribution is -2.06. The van der Waals surface area contributed by atoms with E-state index < -0.39 is 0 Å². The number of amides is 1. The molecule has 3 rings (SSSR count). The van der Waals surface area contributed by atoms with Crippen molar-refractivity contribution in [3.05, 3.63) is 54.7 Å². The summed E-state index contributed by atoms with van der Waals surface area (Å²) in [4.78, 5) is 19.8. The van der Waals surface area contributed by atoms with E-state index in [9.17, 15) is 4.79 Å². The van der Waals surface area contributed by atoms with E-state index in [1.54, 1.807) is 6.20 Å². The minimum atomic E-state index is -0.103. The van der Waals surface area contributed by atoms with Gasteiger partial charge in [-0.2, -0.15) is 0 Å². The van der Waals surface area contributed by atoms with E-state index in [0.717, 1.165) is 22.3 Å². The molecule has 1 heterocycles. The average molecular weight is 278 g/mol. The molecule has 0 fully saturated rings. The van der Waals surface area contributed by atoms with Crippen LogP contribution in [0.1, 0.15) is 6.92 Å². The van der Waals surface area contributed by atoms with Crippen LogP contribution >= 0.6 is 0 Å². The van der Waals surface area contributed by atoms with Crippen LogP contribution in [-0.4, -0.2) is 15.9 Å². The molecule has 1 aromatic heterocycles. The largest absolute Gasteiger partial charge is 0.326 e. The van der Waals surface area contributed by atoms with Crippen molar-refractivity contribution in [3.63, 3.8) is 0 Å². The second-order valence-corrected chi connectivity index (χ2v) is 4.64. The number of benzene rings is 2. The molecule has 0 spiro atoms. The molecule has 3 aromatic rings. The van der Waals surface area contributed by atoms with Gasteiger partial charge in [-0.05, 0) is 24.3 Å². The molecule has 0 unspecified atom stereocenters. The van der Waals surface area contributed by atoms with Gasteiger partial charge in [0.25, 0.3) is 0 Å². The molecule has 5 nitrogen and oxygen atoms in total. The monoisotopic (exact) mass is 278 g/mol. The van der Waals surface area contributed by atoms with Crippen LogP contribution < -0.4 is 10.6 Å². The van der Waals surface area contributed by atoms with Crippen LogP contribution in [0.2, 0.25) is 0 Å². The first-order chi connectivity index (χ1) is 10.2. The number of rotatable bonds is 3. The third-order valence-electron chi connectivity index (χ3n) is 2.93. The number of aromatic nitrogens is 2. The van der Waals surface area contributed by atoms with Crippen molar-refractivity contribution in [1.29, 1.82) is 0 Å². The molecule has 1 amide bonds. The highest BCUT2D eigenvalue weighted by atomic mass is 16.1. The fraction of sp³-hybridized carbons (Fsp3) is 0.0625. The zero-order valence-corrected chi connectivity index (χ0v) is 11.5. The lowest BCUT2D eigenvalue weighted by atomic mass is 10.2. The second-order valence-electron chi connectivity index (χ2n) is 4.64. The van der Waals surface area contributed by atoms with Gasteiger partial charge in [0.15, 0.2) is 0 Å². The average Bonchev–Trinajstić information content (AvgIpc) is 2.47. The van der Waals surface area contributed by atoms with Gasteiger partial charge in [-0.1, -0.05) is 24.3 Å². The maximum atomic E-state index is 11.1. The van der Waals surface area contributed by atoms with E-state index in [2.05, 4.69) is 20.6 Å². The number of hydrogen-bond acceptors (Lipinski definition) is 4. The van der Waals surface area contributed by atoms with Gasteiger partial charge in [0, 0.05) is 29.9 Å². The van der Waals surface area contributed by atoms with Crippen molar-refractivity contribution in [2.24, 2.45) is 0 Å². The highest BCUT2D eigenvalue weighted by molar-refractivity contribution is 5.89. The van der Waals surface area contributed by atoms with E-state index in [1.165, 1.54) is 6.92 Å². The maximum absolute atomic E-state index is 11.1. The lowest BCUT2D eigenvalue weighted by molar-refractivity contribution is -0.114. The smallest absolute Gasteiger partial charge is 0.227 e. The normalized spacial score (nSPS) is 10.3. The van der Waals surface area contributed by atoms with Gasteiger partial charge in [-0.15, -0.1) is 0 Å². The number of hydrogen-bond donors (Lipinski definition) is 2. The Hall–Kier alpha value is -2.95. The van der Waals surface area contributed by atoms with E-state index in [1.807, 2.05) is 48.5 Å². The Balaban J connectivity index is 1.86. The first-order valence-corrected chi connectivity index (χ1v) is 6.57. The van der Waals surface area contributed by atoms with Crippen LogP contribution in [0.25, 0.3) is 10.9 Å². The van der Waals surface area contributed by atoms with Crippen molar-refractivity contribution in [2.45, 2.75) is 6.92 Å². The van der Waals surface area contributed by atoms with E-state index in [0.29, 0.717) is 5.95 Å². The standard InChI is InChI=1S/C16H14N4O/c1-11(21)18-13-6-4-7-14(9-13)19-16-17-10-12-5-2-3-8-15(12)20-16/h2-10H,1H3,(H,18,21)(H,17,19,20). The summed E-state index contributed by atoms with van der Waals surface area (Å²) in [5, 5.41) is 6.87. The quantitative estimate of drug-likeness (QED) is 0.771. The number of anilines is 3. The number of nitrogens with zero attached hydrogens (tertiary/aromatic N) is 2. The van der Waals surface area contributed by atoms with Crippen LogP contribution in [-0.2, 0) is 4.79 Å². The Labute approximate surface area is 122 Å². The van der Waals surface area contributed by atoms with Crippen molar-refractivity contribution < 1.29 is 4.79 Å². The Morgan fingerprint density at radius 2 is 1.86 bits per heavy atom. The first kappa shape index (κ1) is 13.1. The third-order valence-corrected chi connectivity index (χ3v) is 2.93. The Kier molecular flexibility index (Phi) is 3.47. The predicted octanol–water partition coefficient (Wildman–Crippen LogP) is 3.33. The Morgan fingerprint density at radius 1 is 1.05 bits per heavy atom. The summed E-state index contributed by atoms with van der Waals surface area (Å²) in [6.07, 6.45) is 1.78. The number of para-hydroxylation sites is 1. The van der Waals surface area contributed by atoms with Gasteiger partial charge in [-0.25, -0.2) is 9.97 Å². The zero-order valence-electron chi connectivity index (χ0n) is 11.5. The van der Waals surface area contributed by atoms with E-state index in [-0.39, 0.29) is 5.91 Å². The zero-order chi connectivity index (χ0) is 14.7. The second kappa shape index (κ2) is 5.58. The number of carbonyl (C=O) groups excluding carboxylic acids is 1. The van der Waals surface area contributed by atoms with Crippen LogP contribution in [0.15, 0.2) is 54.7 Å². The fourth-order valence-corrected chi connectivity index (χ4v) is 2.04. The van der Waals surface area contributed by atoms with Crippen molar-refractivity contribution in [2.75, 3.05) is 10.6 Å². The number of fused-ring (bicyclic) bond motifs is 1. The minimum absolute atomic E-state index is 0.103. The highest BCUT2D eigenvalue weighted by Crippen LogP contribution is 2.19. The van der Waals surface area contributed by atoms with Crippen LogP contribution in [0.3, 0.4) is 0 Å². The SMILES string of the molecule is CC(=O)Nc1cccc(Nc2ncc3ccccc3n2)c1. The van der Waals surface area contributed by atoms with Crippen molar-refractivity contribution in [1.82, 2.24) is 9.97 Å². The van der Waals surface area contributed by atoms with Gasteiger partial charge in [0.05, 0.1) is 5.52 Å². The van der Waals surface area contributed by atoms with Crippen molar-refractivity contribution in [3.8, 4) is 0 Å². The molecule has 0 saturated heterocycles. The highest BCUT2D eigenvalue weighted by Gasteiger charge is 2.02. The number of carbonyl (C=O) groups is 1. The third kappa shape index (κ3) is 3.14. The van der Waals surface area contributed by atoms with Crippen LogP contribution in [0.5, 0.6) is 0 Å². The molecule has 0 bridgehead atoms. The predicted molar refractivity (Wildman–Crippen MR) is 83.6 cm³/mol. The molecule has 2 N–H and O–H groups in total. The topological polar surface area (TPSA) is 66.9 Å². The molecule has 2 aromatic carbocycles. The molecule has 0 aliphatic rings. The molecule has 0 atom stereocenters. The van der Waals surface area contributed by atoms with Gasteiger partial charge >= 0.3 is 0 Å². The van der Waals surface area contributed by atoms with E-state index >= 15 is 0 Å². The van der Waals surface area contributed by atoms with Gasteiger partial charge in [-0.3, -0.25) is 4.79 Å². The summed E-state index contributed by atoms with van der Waals surface area (Å²) < 4.78 is 0.